The molecule has 3 nitrogen and oxygen atoms in total. The summed E-state index contributed by atoms with van der Waals surface area (Å²) in [4.78, 5) is 23.3. The standard InChI is InChI=1S/C16H14O3/c17-15(14-9-5-2-6-10-14)11-16(18)19-12-13-7-3-1-4-8-13/h1-10H,11-12H2. The Labute approximate surface area is 111 Å². The molecule has 0 aromatic heterocycles. The Bertz CT molecular complexity index is 547. The van der Waals surface area contributed by atoms with Crippen LogP contribution in [0.15, 0.2) is 60.7 Å². The van der Waals surface area contributed by atoms with Gasteiger partial charge in [-0.15, -0.1) is 0 Å². The van der Waals surface area contributed by atoms with E-state index in [0.29, 0.717) is 5.56 Å². The minimum Gasteiger partial charge on any atom is -0.460 e. The Kier molecular flexibility index (Phi) is 4.45. The fourth-order valence-electron chi connectivity index (χ4n) is 1.65. The SMILES string of the molecule is O=C(CC(=O)c1ccccc1)OCc1ccccc1. The molecule has 2 aromatic carbocycles. The number of rotatable bonds is 5. The average molecular weight is 254 g/mol. The summed E-state index contributed by atoms with van der Waals surface area (Å²) in [5, 5.41) is 0. The van der Waals surface area contributed by atoms with Crippen molar-refractivity contribution in [3.8, 4) is 0 Å². The molecule has 0 aliphatic rings. The molecule has 0 heterocycles. The first-order valence-electron chi connectivity index (χ1n) is 6.03. The van der Waals surface area contributed by atoms with Crippen LogP contribution in [0.3, 0.4) is 0 Å². The van der Waals surface area contributed by atoms with Crippen LogP contribution in [0.5, 0.6) is 0 Å². The largest absolute Gasteiger partial charge is 0.460 e. The number of carbonyl (C=O) groups is 2. The van der Waals surface area contributed by atoms with Gasteiger partial charge >= 0.3 is 5.97 Å². The molecule has 0 unspecified atom stereocenters. The molecule has 96 valence electrons. The lowest BCUT2D eigenvalue weighted by Gasteiger charge is -2.04. The van der Waals surface area contributed by atoms with Crippen molar-refractivity contribution in [2.24, 2.45) is 0 Å². The predicted octanol–water partition coefficient (Wildman–Crippen LogP) is 3.00. The van der Waals surface area contributed by atoms with Gasteiger partial charge in [-0.3, -0.25) is 9.59 Å². The van der Waals surface area contributed by atoms with E-state index in [1.54, 1.807) is 24.3 Å². The van der Waals surface area contributed by atoms with Crippen LogP contribution in [0.25, 0.3) is 0 Å². The Morgan fingerprint density at radius 2 is 1.42 bits per heavy atom. The van der Waals surface area contributed by atoms with E-state index in [9.17, 15) is 9.59 Å². The van der Waals surface area contributed by atoms with Crippen LogP contribution in [0.1, 0.15) is 22.3 Å². The van der Waals surface area contributed by atoms with Crippen molar-refractivity contribution in [1.82, 2.24) is 0 Å². The molecule has 2 rings (SSSR count). The van der Waals surface area contributed by atoms with Gasteiger partial charge in [-0.05, 0) is 5.56 Å². The molecule has 0 aliphatic carbocycles. The van der Waals surface area contributed by atoms with Crippen LogP contribution in [0, 0.1) is 0 Å². The van der Waals surface area contributed by atoms with Crippen molar-refractivity contribution in [3.05, 3.63) is 71.8 Å². The van der Waals surface area contributed by atoms with Crippen LogP contribution < -0.4 is 0 Å². The van der Waals surface area contributed by atoms with Crippen LogP contribution >= 0.6 is 0 Å². The molecular formula is C16H14O3. The maximum atomic E-state index is 11.8. The average Bonchev–Trinajstić information content (AvgIpc) is 2.47. The molecule has 0 saturated carbocycles. The van der Waals surface area contributed by atoms with Gasteiger partial charge in [0.05, 0.1) is 0 Å². The van der Waals surface area contributed by atoms with E-state index in [-0.39, 0.29) is 18.8 Å². The van der Waals surface area contributed by atoms with Gasteiger partial charge in [0.2, 0.25) is 0 Å². The zero-order chi connectivity index (χ0) is 13.5. The lowest BCUT2D eigenvalue weighted by atomic mass is 10.1. The van der Waals surface area contributed by atoms with Gasteiger partial charge < -0.3 is 4.74 Å². The van der Waals surface area contributed by atoms with E-state index in [0.717, 1.165) is 5.56 Å². The summed E-state index contributed by atoms with van der Waals surface area (Å²) in [5.74, 6) is -0.726. The lowest BCUT2D eigenvalue weighted by molar-refractivity contribution is -0.143. The second kappa shape index (κ2) is 6.50. The third kappa shape index (κ3) is 4.07. The molecule has 0 radical (unpaired) electrons. The van der Waals surface area contributed by atoms with E-state index < -0.39 is 5.97 Å². The van der Waals surface area contributed by atoms with E-state index in [1.165, 1.54) is 0 Å². The van der Waals surface area contributed by atoms with Gasteiger partial charge in [-0.2, -0.15) is 0 Å². The maximum absolute atomic E-state index is 11.8. The highest BCUT2D eigenvalue weighted by molar-refractivity contribution is 6.05. The molecule has 0 N–H and O–H groups in total. The van der Waals surface area contributed by atoms with Crippen molar-refractivity contribution in [3.63, 3.8) is 0 Å². The van der Waals surface area contributed by atoms with Crippen LogP contribution in [-0.4, -0.2) is 11.8 Å². The fraction of sp³-hybridized carbons (Fsp3) is 0.125. The summed E-state index contributed by atoms with van der Waals surface area (Å²) in [6, 6.07) is 18.1. The Balaban J connectivity index is 1.83. The van der Waals surface area contributed by atoms with Gasteiger partial charge in [-0.25, -0.2) is 0 Å². The highest BCUT2D eigenvalue weighted by Gasteiger charge is 2.12. The molecule has 2 aromatic rings. The van der Waals surface area contributed by atoms with Crippen molar-refractivity contribution in [1.29, 1.82) is 0 Å². The maximum Gasteiger partial charge on any atom is 0.314 e. The molecule has 19 heavy (non-hydrogen) atoms. The number of esters is 1. The van der Waals surface area contributed by atoms with Crippen molar-refractivity contribution in [2.75, 3.05) is 0 Å². The zero-order valence-corrected chi connectivity index (χ0v) is 10.4. The molecule has 0 saturated heterocycles. The molecule has 0 fully saturated rings. The van der Waals surface area contributed by atoms with E-state index in [4.69, 9.17) is 4.74 Å². The first kappa shape index (κ1) is 13.0. The van der Waals surface area contributed by atoms with Crippen molar-refractivity contribution in [2.45, 2.75) is 13.0 Å². The molecular weight excluding hydrogens is 240 g/mol. The highest BCUT2D eigenvalue weighted by Crippen LogP contribution is 2.06. The van der Waals surface area contributed by atoms with E-state index in [2.05, 4.69) is 0 Å². The zero-order valence-electron chi connectivity index (χ0n) is 10.4. The number of hydrogen-bond donors (Lipinski definition) is 0. The van der Waals surface area contributed by atoms with Crippen LogP contribution in [0.4, 0.5) is 0 Å². The second-order valence-electron chi connectivity index (χ2n) is 4.11. The Morgan fingerprint density at radius 1 is 0.842 bits per heavy atom. The normalized spacial score (nSPS) is 9.89. The molecule has 0 aliphatic heterocycles. The van der Waals surface area contributed by atoms with Crippen molar-refractivity contribution >= 4 is 11.8 Å². The number of ketones is 1. The minimum absolute atomic E-state index is 0.196. The summed E-state index contributed by atoms with van der Waals surface area (Å²) < 4.78 is 5.06. The van der Waals surface area contributed by atoms with Gasteiger partial charge in [0.25, 0.3) is 0 Å². The Morgan fingerprint density at radius 3 is 2.05 bits per heavy atom. The molecule has 0 atom stereocenters. The first-order chi connectivity index (χ1) is 9.25. The fourth-order valence-corrected chi connectivity index (χ4v) is 1.65. The van der Waals surface area contributed by atoms with Crippen LogP contribution in [0.2, 0.25) is 0 Å². The van der Waals surface area contributed by atoms with Gasteiger partial charge in [-0.1, -0.05) is 60.7 Å². The second-order valence-corrected chi connectivity index (χ2v) is 4.11. The van der Waals surface area contributed by atoms with Gasteiger partial charge in [0.15, 0.2) is 5.78 Å². The predicted molar refractivity (Wildman–Crippen MR) is 71.6 cm³/mol. The first-order valence-corrected chi connectivity index (χ1v) is 6.03. The minimum atomic E-state index is -0.502. The molecule has 0 spiro atoms. The quantitative estimate of drug-likeness (QED) is 0.468. The molecule has 3 heteroatoms. The third-order valence-electron chi connectivity index (χ3n) is 2.64. The van der Waals surface area contributed by atoms with Crippen molar-refractivity contribution < 1.29 is 14.3 Å². The van der Waals surface area contributed by atoms with E-state index >= 15 is 0 Å². The number of benzene rings is 2. The lowest BCUT2D eigenvalue weighted by Crippen LogP contribution is -2.11. The smallest absolute Gasteiger partial charge is 0.314 e. The Hall–Kier alpha value is -2.42. The summed E-state index contributed by atoms with van der Waals surface area (Å²) in [7, 11) is 0. The van der Waals surface area contributed by atoms with Crippen LogP contribution in [-0.2, 0) is 16.1 Å². The summed E-state index contributed by atoms with van der Waals surface area (Å²) in [6.07, 6.45) is -0.225. The number of ether oxygens (including phenoxy) is 1. The number of hydrogen-bond acceptors (Lipinski definition) is 3. The van der Waals surface area contributed by atoms with Gasteiger partial charge in [0, 0.05) is 5.56 Å². The highest BCUT2D eigenvalue weighted by atomic mass is 16.5. The summed E-state index contributed by atoms with van der Waals surface area (Å²) >= 11 is 0. The van der Waals surface area contributed by atoms with E-state index in [1.807, 2.05) is 36.4 Å². The number of carbonyl (C=O) groups excluding carboxylic acids is 2. The topological polar surface area (TPSA) is 43.4 Å². The summed E-state index contributed by atoms with van der Waals surface area (Å²) in [5.41, 5.74) is 1.43. The number of Topliss-reactive ketones (excluding diaryl/α,β-unsaturated/α-hetero) is 1. The van der Waals surface area contributed by atoms with Gasteiger partial charge in [0.1, 0.15) is 13.0 Å². The third-order valence-corrected chi connectivity index (χ3v) is 2.64. The molecule has 0 amide bonds. The molecule has 0 bridgehead atoms. The monoisotopic (exact) mass is 254 g/mol. The summed E-state index contributed by atoms with van der Waals surface area (Å²) in [6.45, 7) is 0.196.